The highest BCUT2D eigenvalue weighted by molar-refractivity contribution is 7.19. The van der Waals surface area contributed by atoms with Crippen molar-refractivity contribution in [2.24, 2.45) is 0 Å². The highest BCUT2D eigenvalue weighted by Crippen LogP contribution is 2.36. The van der Waals surface area contributed by atoms with Crippen LogP contribution in [0.1, 0.15) is 37.0 Å². The fraction of sp³-hybridized carbons (Fsp3) is 0.417. The van der Waals surface area contributed by atoms with Gasteiger partial charge in [0.25, 0.3) is 5.56 Å². The molecule has 5 rings (SSSR count). The smallest absolute Gasteiger partial charge is 0.275 e. The van der Waals surface area contributed by atoms with E-state index in [9.17, 15) is 4.79 Å². The minimum Gasteiger partial charge on any atom is -0.490 e. The topological polar surface area (TPSA) is 67.6 Å². The summed E-state index contributed by atoms with van der Waals surface area (Å²) in [4.78, 5) is 20.7. The van der Waals surface area contributed by atoms with Crippen molar-refractivity contribution in [3.63, 3.8) is 0 Å². The van der Waals surface area contributed by atoms with E-state index in [0.717, 1.165) is 29.2 Å². The standard InChI is InChI=1S/C24H25N3O3S/c1-26-17-5-6-18(26)13-20(12-17)30-19-9-7-16(8-10-19)27-15-25-22-14-21(4-2-3-11-28)31-23(22)24(27)29/h7-10,14-15,17-18,20,28H,3,5-6,11-13H2,1H3/t17-,18+,20?. The van der Waals surface area contributed by atoms with E-state index in [2.05, 4.69) is 28.8 Å². The highest BCUT2D eigenvalue weighted by Gasteiger charge is 2.39. The van der Waals surface area contributed by atoms with Gasteiger partial charge in [-0.3, -0.25) is 9.36 Å². The molecule has 160 valence electrons. The molecule has 2 bridgehead atoms. The van der Waals surface area contributed by atoms with Gasteiger partial charge in [0.2, 0.25) is 0 Å². The molecular weight excluding hydrogens is 410 g/mol. The lowest BCUT2D eigenvalue weighted by molar-refractivity contribution is 0.0662. The second kappa shape index (κ2) is 8.46. The summed E-state index contributed by atoms with van der Waals surface area (Å²) >= 11 is 1.34. The van der Waals surface area contributed by atoms with Crippen molar-refractivity contribution < 1.29 is 9.84 Å². The first kappa shape index (κ1) is 20.3. The van der Waals surface area contributed by atoms with E-state index in [0.29, 0.717) is 28.7 Å². The molecule has 3 aromatic rings. The molecule has 31 heavy (non-hydrogen) atoms. The Bertz CT molecular complexity index is 1190. The van der Waals surface area contributed by atoms with E-state index in [1.807, 2.05) is 30.3 Å². The van der Waals surface area contributed by atoms with Crippen LogP contribution in [0.5, 0.6) is 5.75 Å². The quantitative estimate of drug-likeness (QED) is 0.638. The maximum Gasteiger partial charge on any atom is 0.275 e. The SMILES string of the molecule is CN1[C@@H]2CC[C@H]1CC(Oc1ccc(-n3cnc4cc(C#CCCO)sc4c3=O)cc1)C2. The second-order valence-electron chi connectivity index (χ2n) is 8.28. The van der Waals surface area contributed by atoms with Crippen molar-refractivity contribution >= 4 is 21.6 Å². The number of aromatic nitrogens is 2. The van der Waals surface area contributed by atoms with Crippen molar-refractivity contribution in [3.05, 3.63) is 51.9 Å². The molecule has 0 saturated carbocycles. The van der Waals surface area contributed by atoms with Gasteiger partial charge in [-0.05, 0) is 63.1 Å². The zero-order chi connectivity index (χ0) is 21.4. The van der Waals surface area contributed by atoms with Gasteiger partial charge >= 0.3 is 0 Å². The summed E-state index contributed by atoms with van der Waals surface area (Å²) < 4.78 is 8.41. The second-order valence-corrected chi connectivity index (χ2v) is 9.33. The Hall–Kier alpha value is -2.66. The number of piperidine rings is 1. The van der Waals surface area contributed by atoms with E-state index < -0.39 is 0 Å². The van der Waals surface area contributed by atoms with Crippen LogP contribution in [0.2, 0.25) is 0 Å². The molecule has 2 saturated heterocycles. The Morgan fingerprint density at radius 3 is 2.68 bits per heavy atom. The molecule has 1 N–H and O–H groups in total. The summed E-state index contributed by atoms with van der Waals surface area (Å²) in [5.74, 6) is 6.71. The lowest BCUT2D eigenvalue weighted by Gasteiger charge is -2.36. The minimum atomic E-state index is -0.106. The molecular formula is C24H25N3O3S. The van der Waals surface area contributed by atoms with Crippen LogP contribution < -0.4 is 10.3 Å². The highest BCUT2D eigenvalue weighted by atomic mass is 32.1. The number of fused-ring (bicyclic) bond motifs is 3. The van der Waals surface area contributed by atoms with Crippen LogP contribution in [-0.4, -0.2) is 51.4 Å². The van der Waals surface area contributed by atoms with Gasteiger partial charge in [0.1, 0.15) is 22.9 Å². The summed E-state index contributed by atoms with van der Waals surface area (Å²) in [6.45, 7) is 0.0294. The average Bonchev–Trinajstić information content (AvgIpc) is 3.26. The molecule has 2 aliphatic heterocycles. The largest absolute Gasteiger partial charge is 0.490 e. The Kier molecular flexibility index (Phi) is 5.53. The van der Waals surface area contributed by atoms with Crippen LogP contribution >= 0.6 is 11.3 Å². The Morgan fingerprint density at radius 1 is 1.23 bits per heavy atom. The molecule has 2 fully saturated rings. The van der Waals surface area contributed by atoms with E-state index in [1.54, 1.807) is 10.9 Å². The summed E-state index contributed by atoms with van der Waals surface area (Å²) in [7, 11) is 2.23. The van der Waals surface area contributed by atoms with Crippen LogP contribution in [0.25, 0.3) is 15.9 Å². The molecule has 7 heteroatoms. The zero-order valence-corrected chi connectivity index (χ0v) is 18.3. The molecule has 0 radical (unpaired) electrons. The fourth-order valence-electron chi connectivity index (χ4n) is 4.70. The summed E-state index contributed by atoms with van der Waals surface area (Å²) in [6.07, 6.45) is 6.95. The molecule has 2 aliphatic rings. The predicted molar refractivity (Wildman–Crippen MR) is 122 cm³/mol. The molecule has 0 aliphatic carbocycles. The molecule has 2 aromatic heterocycles. The maximum atomic E-state index is 13.0. The Balaban J connectivity index is 1.34. The number of aliphatic hydroxyl groups excluding tert-OH is 1. The third-order valence-electron chi connectivity index (χ3n) is 6.36. The molecule has 0 spiro atoms. The van der Waals surface area contributed by atoms with Crippen molar-refractivity contribution in [1.29, 1.82) is 0 Å². The van der Waals surface area contributed by atoms with Crippen LogP contribution in [0.15, 0.2) is 41.5 Å². The van der Waals surface area contributed by atoms with Gasteiger partial charge in [-0.2, -0.15) is 0 Å². The van der Waals surface area contributed by atoms with Gasteiger partial charge in [0.15, 0.2) is 0 Å². The molecule has 1 unspecified atom stereocenters. The van der Waals surface area contributed by atoms with Gasteiger partial charge in [0.05, 0.1) is 22.7 Å². The number of nitrogens with zero attached hydrogens (tertiary/aromatic N) is 3. The van der Waals surface area contributed by atoms with Crippen LogP contribution in [-0.2, 0) is 0 Å². The number of hydrogen-bond donors (Lipinski definition) is 1. The minimum absolute atomic E-state index is 0.0294. The maximum absolute atomic E-state index is 13.0. The Labute approximate surface area is 185 Å². The van der Waals surface area contributed by atoms with E-state index >= 15 is 0 Å². The third kappa shape index (κ3) is 3.99. The van der Waals surface area contributed by atoms with Crippen molar-refractivity contribution in [2.45, 2.75) is 50.3 Å². The van der Waals surface area contributed by atoms with Gasteiger partial charge < -0.3 is 14.7 Å². The van der Waals surface area contributed by atoms with Crippen molar-refractivity contribution in [1.82, 2.24) is 14.5 Å². The van der Waals surface area contributed by atoms with Gasteiger partial charge in [-0.15, -0.1) is 11.3 Å². The number of hydrogen-bond acceptors (Lipinski definition) is 6. The van der Waals surface area contributed by atoms with Gasteiger partial charge in [-0.1, -0.05) is 11.8 Å². The third-order valence-corrected chi connectivity index (χ3v) is 7.39. The zero-order valence-electron chi connectivity index (χ0n) is 17.5. The molecule has 6 nitrogen and oxygen atoms in total. The first-order valence-electron chi connectivity index (χ1n) is 10.7. The van der Waals surface area contributed by atoms with Gasteiger partial charge in [-0.25, -0.2) is 4.98 Å². The number of aliphatic hydroxyl groups is 1. The summed E-state index contributed by atoms with van der Waals surface area (Å²) in [5.41, 5.74) is 1.30. The average molecular weight is 436 g/mol. The first-order chi connectivity index (χ1) is 15.1. The van der Waals surface area contributed by atoms with Crippen LogP contribution in [0.3, 0.4) is 0 Å². The number of ether oxygens (including phenoxy) is 1. The first-order valence-corrected chi connectivity index (χ1v) is 11.5. The lowest BCUT2D eigenvalue weighted by atomic mass is 10.0. The van der Waals surface area contributed by atoms with Crippen molar-refractivity contribution in [3.8, 4) is 23.3 Å². The number of benzene rings is 1. The van der Waals surface area contributed by atoms with E-state index in [-0.39, 0.29) is 18.3 Å². The summed E-state index contributed by atoms with van der Waals surface area (Å²) in [6, 6.07) is 10.8. The lowest BCUT2D eigenvalue weighted by Crippen LogP contribution is -2.43. The fourth-order valence-corrected chi connectivity index (χ4v) is 5.61. The molecule has 1 aromatic carbocycles. The van der Waals surface area contributed by atoms with E-state index in [4.69, 9.17) is 9.84 Å². The Morgan fingerprint density at radius 2 is 1.97 bits per heavy atom. The van der Waals surface area contributed by atoms with Gasteiger partial charge in [0, 0.05) is 18.5 Å². The number of rotatable bonds is 4. The molecule has 4 heterocycles. The monoisotopic (exact) mass is 435 g/mol. The molecule has 0 amide bonds. The van der Waals surface area contributed by atoms with Crippen LogP contribution in [0, 0.1) is 11.8 Å². The summed E-state index contributed by atoms with van der Waals surface area (Å²) in [5, 5.41) is 8.86. The van der Waals surface area contributed by atoms with Crippen LogP contribution in [0.4, 0.5) is 0 Å². The number of thiophene rings is 1. The van der Waals surface area contributed by atoms with E-state index in [1.165, 1.54) is 24.2 Å². The molecule has 3 atom stereocenters. The predicted octanol–water partition coefficient (Wildman–Crippen LogP) is 3.19. The normalized spacial score (nSPS) is 23.0. The van der Waals surface area contributed by atoms with Crippen molar-refractivity contribution in [2.75, 3.05) is 13.7 Å².